The lowest BCUT2D eigenvalue weighted by Crippen LogP contribution is -2.40. The molecule has 2 nitrogen and oxygen atoms in total. The molecule has 0 atom stereocenters. The number of aliphatic hydroxyl groups is 1. The van der Waals surface area contributed by atoms with Gasteiger partial charge in [0, 0.05) is 19.2 Å². The van der Waals surface area contributed by atoms with Gasteiger partial charge in [-0.25, -0.2) is 0 Å². The average molecular weight is 225 g/mol. The van der Waals surface area contributed by atoms with Crippen molar-refractivity contribution in [3.05, 3.63) is 0 Å². The topological polar surface area (TPSA) is 32.3 Å². The van der Waals surface area contributed by atoms with Gasteiger partial charge >= 0.3 is 0 Å². The van der Waals surface area contributed by atoms with E-state index in [9.17, 15) is 5.11 Å². The van der Waals surface area contributed by atoms with E-state index in [0.29, 0.717) is 12.0 Å². The Morgan fingerprint density at radius 2 is 1.69 bits per heavy atom. The number of hydrogen-bond acceptors (Lipinski definition) is 2. The molecule has 0 aromatic heterocycles. The summed E-state index contributed by atoms with van der Waals surface area (Å²) in [5.74, 6) is 0. The van der Waals surface area contributed by atoms with Crippen LogP contribution >= 0.6 is 0 Å². The first kappa shape index (κ1) is 12.4. The fourth-order valence-electron chi connectivity index (χ4n) is 3.54. The van der Waals surface area contributed by atoms with Gasteiger partial charge in [0.2, 0.25) is 0 Å². The molecule has 2 fully saturated rings. The van der Waals surface area contributed by atoms with Crippen LogP contribution in [0.4, 0.5) is 0 Å². The molecule has 0 heterocycles. The summed E-state index contributed by atoms with van der Waals surface area (Å²) in [5.41, 5.74) is 0.426. The van der Waals surface area contributed by atoms with Crippen LogP contribution in [0, 0.1) is 5.41 Å². The molecule has 0 radical (unpaired) electrons. The first-order valence-corrected chi connectivity index (χ1v) is 7.19. The molecular formula is C14H27NO. The summed E-state index contributed by atoms with van der Waals surface area (Å²) in [4.78, 5) is 0. The highest BCUT2D eigenvalue weighted by atomic mass is 16.3. The van der Waals surface area contributed by atoms with Crippen LogP contribution in [0.5, 0.6) is 0 Å². The zero-order chi connectivity index (χ0) is 11.3. The van der Waals surface area contributed by atoms with Crippen molar-refractivity contribution in [1.82, 2.24) is 5.32 Å². The monoisotopic (exact) mass is 225 g/mol. The zero-order valence-corrected chi connectivity index (χ0v) is 10.5. The fraction of sp³-hybridized carbons (Fsp3) is 1.00. The van der Waals surface area contributed by atoms with E-state index in [-0.39, 0.29) is 0 Å². The lowest BCUT2D eigenvalue weighted by atomic mass is 9.72. The van der Waals surface area contributed by atoms with Crippen molar-refractivity contribution in [3.63, 3.8) is 0 Å². The number of aliphatic hydroxyl groups excluding tert-OH is 1. The molecule has 2 saturated carbocycles. The number of hydrogen-bond donors (Lipinski definition) is 2. The van der Waals surface area contributed by atoms with Gasteiger partial charge < -0.3 is 10.4 Å². The lowest BCUT2D eigenvalue weighted by molar-refractivity contribution is 0.122. The van der Waals surface area contributed by atoms with E-state index in [4.69, 9.17) is 0 Å². The first-order chi connectivity index (χ1) is 7.85. The molecule has 0 aromatic rings. The quantitative estimate of drug-likeness (QED) is 0.754. The van der Waals surface area contributed by atoms with E-state index in [0.717, 1.165) is 19.0 Å². The average Bonchev–Trinajstić information content (AvgIpc) is 2.81. The lowest BCUT2D eigenvalue weighted by Gasteiger charge is -2.38. The molecule has 0 aliphatic heterocycles. The fourth-order valence-corrected chi connectivity index (χ4v) is 3.54. The maximum atomic E-state index is 9.25. The van der Waals surface area contributed by atoms with Crippen molar-refractivity contribution < 1.29 is 5.11 Å². The molecule has 0 aromatic carbocycles. The van der Waals surface area contributed by atoms with Crippen LogP contribution in [0.3, 0.4) is 0 Å². The summed E-state index contributed by atoms with van der Waals surface area (Å²) in [7, 11) is 0. The summed E-state index contributed by atoms with van der Waals surface area (Å²) in [5, 5.41) is 13.0. The van der Waals surface area contributed by atoms with E-state index in [1.807, 2.05) is 0 Å². The van der Waals surface area contributed by atoms with Crippen molar-refractivity contribution in [2.75, 3.05) is 13.2 Å². The van der Waals surface area contributed by atoms with E-state index in [1.54, 1.807) is 0 Å². The minimum absolute atomic E-state index is 0.367. The van der Waals surface area contributed by atoms with E-state index in [2.05, 4.69) is 5.32 Å². The standard InChI is InChI=1S/C14H27NO/c16-11-10-14(8-4-1-5-9-14)12-15-13-6-2-3-7-13/h13,15-16H,1-12H2. The van der Waals surface area contributed by atoms with Gasteiger partial charge in [-0.05, 0) is 37.5 Å². The molecule has 2 rings (SSSR count). The maximum Gasteiger partial charge on any atom is 0.0436 e. The van der Waals surface area contributed by atoms with Gasteiger partial charge in [-0.1, -0.05) is 32.1 Å². The Balaban J connectivity index is 1.80. The van der Waals surface area contributed by atoms with Gasteiger partial charge in [0.1, 0.15) is 0 Å². The maximum absolute atomic E-state index is 9.25. The van der Waals surface area contributed by atoms with Gasteiger partial charge in [0.05, 0.1) is 0 Å². The highest BCUT2D eigenvalue weighted by molar-refractivity contribution is 4.87. The molecule has 0 saturated heterocycles. The Labute approximate surface area is 99.8 Å². The second kappa shape index (κ2) is 6.02. The SMILES string of the molecule is OCCC1(CNC2CCCC2)CCCCC1. The zero-order valence-electron chi connectivity index (χ0n) is 10.5. The second-order valence-electron chi connectivity index (χ2n) is 5.90. The van der Waals surface area contributed by atoms with Gasteiger partial charge in [-0.3, -0.25) is 0 Å². The van der Waals surface area contributed by atoms with Gasteiger partial charge in [0.15, 0.2) is 0 Å². The minimum atomic E-state index is 0.367. The Bertz CT molecular complexity index is 187. The minimum Gasteiger partial charge on any atom is -0.396 e. The molecule has 0 spiro atoms. The third-order valence-corrected chi connectivity index (χ3v) is 4.68. The van der Waals surface area contributed by atoms with Crippen LogP contribution < -0.4 is 5.32 Å². The highest BCUT2D eigenvalue weighted by Crippen LogP contribution is 2.38. The first-order valence-electron chi connectivity index (χ1n) is 7.19. The Kier molecular flexibility index (Phi) is 4.66. The van der Waals surface area contributed by atoms with Gasteiger partial charge in [-0.15, -0.1) is 0 Å². The summed E-state index contributed by atoms with van der Waals surface area (Å²) in [6, 6.07) is 0.775. The molecule has 2 N–H and O–H groups in total. The molecule has 94 valence electrons. The van der Waals surface area contributed by atoms with Crippen molar-refractivity contribution in [2.24, 2.45) is 5.41 Å². The molecular weight excluding hydrogens is 198 g/mol. The van der Waals surface area contributed by atoms with Crippen LogP contribution in [-0.2, 0) is 0 Å². The largest absolute Gasteiger partial charge is 0.396 e. The molecule has 2 heteroatoms. The summed E-state index contributed by atoms with van der Waals surface area (Å²) in [6.07, 6.45) is 13.3. The van der Waals surface area contributed by atoms with Crippen LogP contribution in [0.15, 0.2) is 0 Å². The van der Waals surface area contributed by atoms with Gasteiger partial charge in [-0.2, -0.15) is 0 Å². The molecule has 2 aliphatic carbocycles. The Hall–Kier alpha value is -0.0800. The van der Waals surface area contributed by atoms with Crippen LogP contribution in [-0.4, -0.2) is 24.3 Å². The molecule has 0 bridgehead atoms. The van der Waals surface area contributed by atoms with Crippen LogP contribution in [0.1, 0.15) is 64.2 Å². The Morgan fingerprint density at radius 1 is 1.00 bits per heavy atom. The number of rotatable bonds is 5. The third-order valence-electron chi connectivity index (χ3n) is 4.68. The predicted molar refractivity (Wildman–Crippen MR) is 67.5 cm³/mol. The van der Waals surface area contributed by atoms with Gasteiger partial charge in [0.25, 0.3) is 0 Å². The van der Waals surface area contributed by atoms with Crippen LogP contribution in [0.25, 0.3) is 0 Å². The highest BCUT2D eigenvalue weighted by Gasteiger charge is 2.32. The van der Waals surface area contributed by atoms with E-state index < -0.39 is 0 Å². The van der Waals surface area contributed by atoms with E-state index in [1.165, 1.54) is 57.8 Å². The predicted octanol–water partition coefficient (Wildman–Crippen LogP) is 2.85. The van der Waals surface area contributed by atoms with Crippen molar-refractivity contribution in [1.29, 1.82) is 0 Å². The second-order valence-corrected chi connectivity index (χ2v) is 5.90. The third kappa shape index (κ3) is 3.21. The summed E-state index contributed by atoms with van der Waals surface area (Å²) >= 11 is 0. The Morgan fingerprint density at radius 3 is 2.31 bits per heavy atom. The molecule has 0 unspecified atom stereocenters. The van der Waals surface area contributed by atoms with Crippen molar-refractivity contribution in [3.8, 4) is 0 Å². The normalized spacial score (nSPS) is 26.1. The van der Waals surface area contributed by atoms with Crippen molar-refractivity contribution in [2.45, 2.75) is 70.3 Å². The molecule has 16 heavy (non-hydrogen) atoms. The van der Waals surface area contributed by atoms with Crippen LogP contribution in [0.2, 0.25) is 0 Å². The summed E-state index contributed by atoms with van der Waals surface area (Å²) in [6.45, 7) is 1.52. The smallest absolute Gasteiger partial charge is 0.0436 e. The van der Waals surface area contributed by atoms with E-state index >= 15 is 0 Å². The molecule has 2 aliphatic rings. The van der Waals surface area contributed by atoms with Crippen molar-refractivity contribution >= 4 is 0 Å². The summed E-state index contributed by atoms with van der Waals surface area (Å²) < 4.78 is 0. The number of nitrogens with one attached hydrogen (secondary N) is 1. The molecule has 0 amide bonds.